The van der Waals surface area contributed by atoms with Crippen LogP contribution in [0.25, 0.3) is 0 Å². The fourth-order valence-corrected chi connectivity index (χ4v) is 1.33. The van der Waals surface area contributed by atoms with Gasteiger partial charge in [0.25, 0.3) is 5.56 Å². The number of rotatable bonds is 3. The number of nitrogens with zero attached hydrogens (tertiary/aromatic N) is 2. The molecular weight excluding hydrogens is 293 g/mol. The summed E-state index contributed by atoms with van der Waals surface area (Å²) < 4.78 is 0.677. The maximum atomic E-state index is 11.4. The number of hydrogen-bond donors (Lipinski definition) is 1. The SMILES string of the molecule is Cc1nc(CCN(C)C)[nH]c(=O)c1I. The summed E-state index contributed by atoms with van der Waals surface area (Å²) in [7, 11) is 4.00. The first-order valence-electron chi connectivity index (χ1n) is 4.40. The van der Waals surface area contributed by atoms with Crippen molar-refractivity contribution in [1.82, 2.24) is 14.9 Å². The summed E-state index contributed by atoms with van der Waals surface area (Å²) in [5.41, 5.74) is 0.773. The second kappa shape index (κ2) is 4.88. The van der Waals surface area contributed by atoms with E-state index < -0.39 is 0 Å². The summed E-state index contributed by atoms with van der Waals surface area (Å²) in [5.74, 6) is 0.765. The summed E-state index contributed by atoms with van der Waals surface area (Å²) in [6.45, 7) is 2.75. The van der Waals surface area contributed by atoms with Crippen LogP contribution < -0.4 is 5.56 Å². The van der Waals surface area contributed by atoms with Crippen molar-refractivity contribution < 1.29 is 0 Å². The maximum Gasteiger partial charge on any atom is 0.264 e. The van der Waals surface area contributed by atoms with E-state index in [9.17, 15) is 4.79 Å². The first kappa shape index (κ1) is 11.6. The molecule has 0 atom stereocenters. The van der Waals surface area contributed by atoms with E-state index in [4.69, 9.17) is 0 Å². The van der Waals surface area contributed by atoms with Crippen molar-refractivity contribution in [2.24, 2.45) is 0 Å². The number of H-pyrrole nitrogens is 1. The Morgan fingerprint density at radius 3 is 2.64 bits per heavy atom. The van der Waals surface area contributed by atoms with Crippen LogP contribution in [0.15, 0.2) is 4.79 Å². The predicted octanol–water partition coefficient (Wildman–Crippen LogP) is 0.787. The highest BCUT2D eigenvalue weighted by Crippen LogP contribution is 2.02. The largest absolute Gasteiger partial charge is 0.310 e. The maximum absolute atomic E-state index is 11.4. The molecular formula is C9H14IN3O. The molecule has 0 aromatic carbocycles. The van der Waals surface area contributed by atoms with E-state index in [1.165, 1.54) is 0 Å². The summed E-state index contributed by atoms with van der Waals surface area (Å²) in [5, 5.41) is 0. The summed E-state index contributed by atoms with van der Waals surface area (Å²) >= 11 is 2.01. The van der Waals surface area contributed by atoms with E-state index in [1.54, 1.807) is 0 Å². The zero-order valence-electron chi connectivity index (χ0n) is 8.59. The van der Waals surface area contributed by atoms with Gasteiger partial charge in [0.1, 0.15) is 5.82 Å². The normalized spacial score (nSPS) is 10.9. The van der Waals surface area contributed by atoms with Crippen molar-refractivity contribution in [3.05, 3.63) is 25.4 Å². The fourth-order valence-electron chi connectivity index (χ4n) is 1.08. The van der Waals surface area contributed by atoms with Gasteiger partial charge in [-0.15, -0.1) is 0 Å². The van der Waals surface area contributed by atoms with Crippen molar-refractivity contribution in [2.75, 3.05) is 20.6 Å². The molecule has 1 rings (SSSR count). The quantitative estimate of drug-likeness (QED) is 0.840. The molecule has 0 amide bonds. The van der Waals surface area contributed by atoms with E-state index in [1.807, 2.05) is 43.6 Å². The Morgan fingerprint density at radius 1 is 1.50 bits per heavy atom. The first-order valence-corrected chi connectivity index (χ1v) is 5.48. The third-order valence-corrected chi connectivity index (χ3v) is 3.14. The average molecular weight is 307 g/mol. The summed E-state index contributed by atoms with van der Waals surface area (Å²) in [4.78, 5) is 20.5. The van der Waals surface area contributed by atoms with Crippen molar-refractivity contribution in [3.63, 3.8) is 0 Å². The Balaban J connectivity index is 2.85. The number of aromatic amines is 1. The topological polar surface area (TPSA) is 49.0 Å². The molecule has 78 valence electrons. The molecule has 0 aliphatic carbocycles. The number of nitrogens with one attached hydrogen (secondary N) is 1. The Morgan fingerprint density at radius 2 is 2.14 bits per heavy atom. The Bertz CT molecular complexity index is 373. The minimum absolute atomic E-state index is 0.0353. The number of halogens is 1. The molecule has 5 heteroatoms. The van der Waals surface area contributed by atoms with Crippen LogP contribution in [0, 0.1) is 10.5 Å². The molecule has 0 aliphatic rings. The van der Waals surface area contributed by atoms with Gasteiger partial charge in [-0.3, -0.25) is 4.79 Å². The van der Waals surface area contributed by atoms with E-state index in [-0.39, 0.29) is 5.56 Å². The molecule has 0 aliphatic heterocycles. The van der Waals surface area contributed by atoms with Crippen LogP contribution in [0.3, 0.4) is 0 Å². The number of aromatic nitrogens is 2. The lowest BCUT2D eigenvalue weighted by Gasteiger charge is -2.08. The lowest BCUT2D eigenvalue weighted by Crippen LogP contribution is -2.21. The summed E-state index contributed by atoms with van der Waals surface area (Å²) in [6, 6.07) is 0. The molecule has 1 heterocycles. The lowest BCUT2D eigenvalue weighted by molar-refractivity contribution is 0.409. The van der Waals surface area contributed by atoms with E-state index in [0.717, 1.165) is 24.5 Å². The standard InChI is InChI=1S/C9H14IN3O/c1-6-8(10)9(14)12-7(11-6)4-5-13(2)3/h4-5H2,1-3H3,(H,11,12,14). The highest BCUT2D eigenvalue weighted by Gasteiger charge is 2.04. The van der Waals surface area contributed by atoms with E-state index >= 15 is 0 Å². The molecule has 0 fully saturated rings. The van der Waals surface area contributed by atoms with Crippen LogP contribution in [0.4, 0.5) is 0 Å². The minimum Gasteiger partial charge on any atom is -0.310 e. The zero-order chi connectivity index (χ0) is 10.7. The first-order chi connectivity index (χ1) is 6.50. The van der Waals surface area contributed by atoms with Gasteiger partial charge in [0.15, 0.2) is 0 Å². The Hall–Kier alpha value is -0.430. The minimum atomic E-state index is -0.0353. The van der Waals surface area contributed by atoms with Crippen LogP contribution >= 0.6 is 22.6 Å². The van der Waals surface area contributed by atoms with Crippen molar-refractivity contribution in [1.29, 1.82) is 0 Å². The molecule has 0 radical (unpaired) electrons. The van der Waals surface area contributed by atoms with Crippen molar-refractivity contribution in [2.45, 2.75) is 13.3 Å². The molecule has 0 saturated carbocycles. The van der Waals surface area contributed by atoms with Crippen LogP contribution in [-0.2, 0) is 6.42 Å². The smallest absolute Gasteiger partial charge is 0.264 e. The van der Waals surface area contributed by atoms with Gasteiger partial charge < -0.3 is 9.88 Å². The zero-order valence-corrected chi connectivity index (χ0v) is 10.8. The Labute approximate surface area is 96.9 Å². The van der Waals surface area contributed by atoms with Crippen LogP contribution in [0.1, 0.15) is 11.5 Å². The van der Waals surface area contributed by atoms with Gasteiger partial charge in [-0.1, -0.05) is 0 Å². The second-order valence-corrected chi connectivity index (χ2v) is 4.54. The van der Waals surface area contributed by atoms with Gasteiger partial charge in [-0.05, 0) is 43.6 Å². The fraction of sp³-hybridized carbons (Fsp3) is 0.556. The number of hydrogen-bond acceptors (Lipinski definition) is 3. The van der Waals surface area contributed by atoms with Crippen molar-refractivity contribution >= 4 is 22.6 Å². The van der Waals surface area contributed by atoms with Gasteiger partial charge in [-0.25, -0.2) is 4.98 Å². The monoisotopic (exact) mass is 307 g/mol. The van der Waals surface area contributed by atoms with Crippen molar-refractivity contribution in [3.8, 4) is 0 Å². The molecule has 14 heavy (non-hydrogen) atoms. The van der Waals surface area contributed by atoms with Gasteiger partial charge in [0.2, 0.25) is 0 Å². The molecule has 0 bridgehead atoms. The average Bonchev–Trinajstić information content (AvgIpc) is 2.10. The summed E-state index contributed by atoms with van der Waals surface area (Å²) in [6.07, 6.45) is 0.778. The Kier molecular flexibility index (Phi) is 4.06. The van der Waals surface area contributed by atoms with Crippen LogP contribution in [-0.4, -0.2) is 35.5 Å². The van der Waals surface area contributed by atoms with Crippen LogP contribution in [0.2, 0.25) is 0 Å². The second-order valence-electron chi connectivity index (χ2n) is 3.47. The lowest BCUT2D eigenvalue weighted by atomic mass is 10.3. The van der Waals surface area contributed by atoms with Gasteiger partial charge in [-0.2, -0.15) is 0 Å². The van der Waals surface area contributed by atoms with Crippen LogP contribution in [0.5, 0.6) is 0 Å². The molecule has 4 nitrogen and oxygen atoms in total. The molecule has 1 aromatic rings. The molecule has 1 N–H and O–H groups in total. The van der Waals surface area contributed by atoms with Gasteiger partial charge in [0.05, 0.1) is 9.26 Å². The van der Waals surface area contributed by atoms with E-state index in [2.05, 4.69) is 14.9 Å². The molecule has 0 spiro atoms. The van der Waals surface area contributed by atoms with Gasteiger partial charge >= 0.3 is 0 Å². The molecule has 1 aromatic heterocycles. The number of likely N-dealkylation sites (N-methyl/N-ethyl adjacent to an activating group) is 1. The third-order valence-electron chi connectivity index (χ3n) is 1.87. The number of aryl methyl sites for hydroxylation is 1. The highest BCUT2D eigenvalue weighted by molar-refractivity contribution is 14.1. The van der Waals surface area contributed by atoms with Gasteiger partial charge in [0, 0.05) is 13.0 Å². The third kappa shape index (κ3) is 3.06. The molecule has 0 saturated heterocycles. The molecule has 0 unspecified atom stereocenters. The van der Waals surface area contributed by atoms with E-state index in [0.29, 0.717) is 3.57 Å². The highest BCUT2D eigenvalue weighted by atomic mass is 127. The predicted molar refractivity (Wildman–Crippen MR) is 64.6 cm³/mol.